The average Bonchev–Trinajstić information content (AvgIpc) is 3.64. The number of anilines is 1. The van der Waals surface area contributed by atoms with E-state index in [-0.39, 0.29) is 25.2 Å². The summed E-state index contributed by atoms with van der Waals surface area (Å²) in [4.78, 5) is 28.9. The number of rotatable bonds is 12. The number of amides is 1. The second kappa shape index (κ2) is 13.8. The van der Waals surface area contributed by atoms with Gasteiger partial charge in [-0.15, -0.1) is 0 Å². The molecule has 8 nitrogen and oxygen atoms in total. The minimum absolute atomic E-state index is 0.0737. The van der Waals surface area contributed by atoms with E-state index in [2.05, 4.69) is 50.4 Å². The molecular formula is C36H44N2O6. The number of carboxylic acid groups (broad SMARTS) is 1. The number of methoxy groups -OCH3 is 1. The maximum absolute atomic E-state index is 13.8. The van der Waals surface area contributed by atoms with Gasteiger partial charge in [-0.3, -0.25) is 14.5 Å². The number of fused-ring (bicyclic) bond motifs is 1. The van der Waals surface area contributed by atoms with Crippen LogP contribution >= 0.6 is 0 Å². The van der Waals surface area contributed by atoms with Crippen molar-refractivity contribution in [2.24, 2.45) is 5.92 Å². The summed E-state index contributed by atoms with van der Waals surface area (Å²) in [7, 11) is 1.70. The number of aliphatic carboxylic acids is 1. The summed E-state index contributed by atoms with van der Waals surface area (Å²) in [6, 6.07) is 15.7. The van der Waals surface area contributed by atoms with Crippen LogP contribution in [0.3, 0.4) is 0 Å². The lowest BCUT2D eigenvalue weighted by molar-refractivity contribution is -0.143. The molecule has 5 rings (SSSR count). The molecule has 0 spiro atoms. The number of benzene rings is 3. The van der Waals surface area contributed by atoms with E-state index in [0.717, 1.165) is 59.2 Å². The van der Waals surface area contributed by atoms with E-state index in [1.807, 2.05) is 36.1 Å². The summed E-state index contributed by atoms with van der Waals surface area (Å²) >= 11 is 0. The molecule has 0 aromatic heterocycles. The lowest BCUT2D eigenvalue weighted by atomic mass is 9.81. The zero-order valence-corrected chi connectivity index (χ0v) is 26.4. The molecule has 3 aromatic carbocycles. The molecule has 3 atom stereocenters. The highest BCUT2D eigenvalue weighted by molar-refractivity contribution is 5.94. The minimum Gasteiger partial charge on any atom is -0.481 e. The fourth-order valence-electron chi connectivity index (χ4n) is 6.96. The van der Waals surface area contributed by atoms with E-state index in [0.29, 0.717) is 24.7 Å². The summed E-state index contributed by atoms with van der Waals surface area (Å²) in [6.07, 6.45) is 3.40. The summed E-state index contributed by atoms with van der Waals surface area (Å²) in [5.74, 6) is -0.810. The smallest absolute Gasteiger partial charge is 0.309 e. The lowest BCUT2D eigenvalue weighted by Crippen LogP contribution is -2.35. The Morgan fingerprint density at radius 1 is 1.02 bits per heavy atom. The van der Waals surface area contributed by atoms with Crippen LogP contribution in [-0.2, 0) is 33.6 Å². The van der Waals surface area contributed by atoms with Crippen molar-refractivity contribution >= 4 is 17.6 Å². The minimum atomic E-state index is -0.885. The number of carbonyl (C=O) groups excluding carboxylic acids is 1. The summed E-state index contributed by atoms with van der Waals surface area (Å²) < 4.78 is 16.5. The van der Waals surface area contributed by atoms with E-state index in [4.69, 9.17) is 14.2 Å². The number of hydrogen-bond donors (Lipinski definition) is 2. The van der Waals surface area contributed by atoms with Gasteiger partial charge in [0.25, 0.3) is 0 Å². The second-order valence-corrected chi connectivity index (χ2v) is 11.9. The van der Waals surface area contributed by atoms with Gasteiger partial charge in [0.05, 0.1) is 12.5 Å². The van der Waals surface area contributed by atoms with Crippen LogP contribution in [-0.4, -0.2) is 55.5 Å². The van der Waals surface area contributed by atoms with Gasteiger partial charge in [0.2, 0.25) is 12.7 Å². The fourth-order valence-corrected chi connectivity index (χ4v) is 6.96. The van der Waals surface area contributed by atoms with Crippen LogP contribution < -0.4 is 14.8 Å². The highest BCUT2D eigenvalue weighted by Crippen LogP contribution is 2.49. The first-order chi connectivity index (χ1) is 21.2. The molecule has 44 heavy (non-hydrogen) atoms. The van der Waals surface area contributed by atoms with Crippen LogP contribution in [0.15, 0.2) is 48.5 Å². The number of aryl methyl sites for hydroxylation is 4. The number of nitrogens with one attached hydrogen (secondary N) is 1. The predicted octanol–water partition coefficient (Wildman–Crippen LogP) is 6.22. The summed E-state index contributed by atoms with van der Waals surface area (Å²) in [5.41, 5.74) is 8.11. The van der Waals surface area contributed by atoms with Crippen molar-refractivity contribution in [2.75, 3.05) is 38.9 Å². The van der Waals surface area contributed by atoms with Crippen LogP contribution in [0.25, 0.3) is 0 Å². The first-order valence-corrected chi connectivity index (χ1v) is 15.6. The molecule has 2 N–H and O–H groups in total. The molecule has 1 unspecified atom stereocenters. The van der Waals surface area contributed by atoms with Crippen LogP contribution in [0, 0.1) is 19.8 Å². The first-order valence-electron chi connectivity index (χ1n) is 15.6. The molecule has 3 aromatic rings. The molecular weight excluding hydrogens is 556 g/mol. The van der Waals surface area contributed by atoms with Gasteiger partial charge in [0.1, 0.15) is 0 Å². The monoisotopic (exact) mass is 600 g/mol. The highest BCUT2D eigenvalue weighted by atomic mass is 16.7. The summed E-state index contributed by atoms with van der Waals surface area (Å²) in [5, 5.41) is 13.9. The predicted molar refractivity (Wildman–Crippen MR) is 171 cm³/mol. The largest absolute Gasteiger partial charge is 0.481 e. The van der Waals surface area contributed by atoms with Crippen molar-refractivity contribution in [2.45, 2.75) is 65.3 Å². The Hall–Kier alpha value is -3.88. The molecule has 2 aliphatic heterocycles. The third-order valence-corrected chi connectivity index (χ3v) is 9.07. The van der Waals surface area contributed by atoms with Gasteiger partial charge in [-0.1, -0.05) is 61.9 Å². The van der Waals surface area contributed by atoms with Gasteiger partial charge in [-0.2, -0.15) is 0 Å². The number of carboxylic acids is 1. The third kappa shape index (κ3) is 6.47. The van der Waals surface area contributed by atoms with E-state index >= 15 is 0 Å². The highest BCUT2D eigenvalue weighted by Gasteiger charge is 2.48. The van der Waals surface area contributed by atoms with Crippen molar-refractivity contribution in [3.63, 3.8) is 0 Å². The molecule has 1 fully saturated rings. The Bertz CT molecular complexity index is 1480. The molecule has 0 saturated carbocycles. The number of likely N-dealkylation sites (tertiary alicyclic amines) is 1. The third-order valence-electron chi connectivity index (χ3n) is 9.07. The molecule has 0 bridgehead atoms. The summed E-state index contributed by atoms with van der Waals surface area (Å²) in [6.45, 7) is 9.54. The Labute approximate surface area is 260 Å². The van der Waals surface area contributed by atoms with Crippen LogP contribution in [0.1, 0.15) is 71.2 Å². The normalized spacial score (nSPS) is 19.3. The van der Waals surface area contributed by atoms with Crippen molar-refractivity contribution in [1.29, 1.82) is 0 Å². The van der Waals surface area contributed by atoms with E-state index in [1.165, 1.54) is 11.1 Å². The van der Waals surface area contributed by atoms with Gasteiger partial charge in [-0.05, 0) is 79.0 Å². The molecule has 0 aliphatic carbocycles. The van der Waals surface area contributed by atoms with Gasteiger partial charge >= 0.3 is 5.97 Å². The number of ether oxygens (including phenoxy) is 3. The van der Waals surface area contributed by atoms with E-state index < -0.39 is 17.9 Å². The molecule has 2 heterocycles. The van der Waals surface area contributed by atoms with Gasteiger partial charge < -0.3 is 24.6 Å². The maximum atomic E-state index is 13.8. The zero-order valence-electron chi connectivity index (χ0n) is 26.4. The molecule has 2 aliphatic rings. The maximum Gasteiger partial charge on any atom is 0.309 e. The van der Waals surface area contributed by atoms with Crippen LogP contribution in [0.2, 0.25) is 0 Å². The Morgan fingerprint density at radius 2 is 1.73 bits per heavy atom. The van der Waals surface area contributed by atoms with Crippen LogP contribution in [0.4, 0.5) is 5.69 Å². The first kappa shape index (κ1) is 31.5. The number of carbonyl (C=O) groups is 2. The molecule has 0 radical (unpaired) electrons. The molecule has 1 saturated heterocycles. The Morgan fingerprint density at radius 3 is 2.36 bits per heavy atom. The second-order valence-electron chi connectivity index (χ2n) is 11.9. The van der Waals surface area contributed by atoms with Crippen molar-refractivity contribution in [3.8, 4) is 11.5 Å². The van der Waals surface area contributed by atoms with Gasteiger partial charge in [-0.25, -0.2) is 0 Å². The zero-order chi connectivity index (χ0) is 31.4. The SMILES string of the molecule is CCc1cc(C)cc(CC)c1NC(=O)CN1C[C@H](c2ccc3c(c2C)OCO3)C(C(=O)O)[C@@H]1c1ccc(CCCOC)cc1. The number of nitrogens with zero attached hydrogens (tertiary/aromatic N) is 1. The quantitative estimate of drug-likeness (QED) is 0.238. The van der Waals surface area contributed by atoms with E-state index in [9.17, 15) is 14.7 Å². The van der Waals surface area contributed by atoms with Gasteiger partial charge in [0, 0.05) is 37.9 Å². The van der Waals surface area contributed by atoms with E-state index in [1.54, 1.807) is 7.11 Å². The lowest BCUT2D eigenvalue weighted by Gasteiger charge is -2.27. The average molecular weight is 601 g/mol. The van der Waals surface area contributed by atoms with Crippen molar-refractivity contribution in [1.82, 2.24) is 4.90 Å². The molecule has 1 amide bonds. The van der Waals surface area contributed by atoms with Crippen LogP contribution in [0.5, 0.6) is 11.5 Å². The Kier molecular flexibility index (Phi) is 9.91. The van der Waals surface area contributed by atoms with Gasteiger partial charge in [0.15, 0.2) is 11.5 Å². The fraction of sp³-hybridized carbons (Fsp3) is 0.444. The van der Waals surface area contributed by atoms with Crippen molar-refractivity contribution in [3.05, 3.63) is 87.5 Å². The van der Waals surface area contributed by atoms with Crippen molar-refractivity contribution < 1.29 is 28.9 Å². The molecule has 234 valence electrons. The standard InChI is InChI=1S/C36H44N2O6/c1-6-25-17-22(3)18-26(7-2)33(25)37-31(39)20-38-19-29(28-14-15-30-35(23(28)4)44-21-43-30)32(36(40)41)34(38)27-12-10-24(11-13-27)9-8-16-42-5/h10-15,17-18,29,32,34H,6-9,16,19-21H2,1-5H3,(H,37,39)(H,40,41)/t29-,32?,34+/m1/s1. The topological polar surface area (TPSA) is 97.3 Å². The number of hydrogen-bond acceptors (Lipinski definition) is 6. The molecule has 8 heteroatoms. The Balaban J connectivity index is 1.49.